The van der Waals surface area contributed by atoms with Gasteiger partial charge < -0.3 is 11.3 Å². The van der Waals surface area contributed by atoms with E-state index in [2.05, 4.69) is 33.8 Å². The minimum Gasteiger partial charge on any atom is -0.335 e. The van der Waals surface area contributed by atoms with E-state index in [1.54, 1.807) is 5.01 Å². The van der Waals surface area contributed by atoms with Crippen LogP contribution in [0.5, 0.6) is 0 Å². The Morgan fingerprint density at radius 1 is 1.00 bits per heavy atom. The standard InChI is InChI=1S/C15H22N3O.C3H7.Y/c1-14(2)15(3,4)17(6)18(13(19)16(14)5)12-10-8-7-9-11-12;1-3-2;/h8-11H,1-6H3;3H,1-2H3;/q2*-1;. The van der Waals surface area contributed by atoms with E-state index in [1.807, 2.05) is 68.5 Å². The second-order valence-electron chi connectivity index (χ2n) is 6.63. The molecule has 0 N–H and O–H groups in total. The Balaban J connectivity index is 0.00000112. The van der Waals surface area contributed by atoms with Crippen molar-refractivity contribution in [3.05, 3.63) is 36.8 Å². The zero-order chi connectivity index (χ0) is 17.1. The van der Waals surface area contributed by atoms with Crippen LogP contribution < -0.4 is 5.01 Å². The first-order valence-corrected chi connectivity index (χ1v) is 7.64. The van der Waals surface area contributed by atoms with Crippen LogP contribution in [-0.2, 0) is 32.7 Å². The molecular formula is C18H29N3OY-2. The molecule has 23 heavy (non-hydrogen) atoms. The number of amides is 2. The van der Waals surface area contributed by atoms with Gasteiger partial charge in [-0.1, -0.05) is 0 Å². The second-order valence-corrected chi connectivity index (χ2v) is 6.63. The third-order valence-corrected chi connectivity index (χ3v) is 4.86. The van der Waals surface area contributed by atoms with Crippen LogP contribution in [0.2, 0.25) is 0 Å². The fraction of sp³-hybridized carbons (Fsp3) is 0.556. The van der Waals surface area contributed by atoms with Crippen molar-refractivity contribution >= 4 is 11.7 Å². The Hall–Kier alpha value is -0.446. The number of anilines is 1. The SMILES string of the molecule is CN1C(=O)N(c2cc[c-]cc2)N(C)C(C)(C)C1(C)C.C[CH-]C.[Y]. The van der Waals surface area contributed by atoms with Crippen molar-refractivity contribution in [3.8, 4) is 0 Å². The largest absolute Gasteiger partial charge is 0.337 e. The van der Waals surface area contributed by atoms with Crippen LogP contribution in [0.15, 0.2) is 24.3 Å². The summed E-state index contributed by atoms with van der Waals surface area (Å²) in [5.74, 6) is 0. The second kappa shape index (κ2) is 8.59. The number of carbonyl (C=O) groups is 1. The molecule has 0 spiro atoms. The van der Waals surface area contributed by atoms with Gasteiger partial charge in [0.25, 0.3) is 0 Å². The molecule has 1 aromatic rings. The molecule has 1 aliphatic heterocycles. The first-order chi connectivity index (χ1) is 10.1. The third kappa shape index (κ3) is 4.15. The van der Waals surface area contributed by atoms with Crippen LogP contribution in [0.1, 0.15) is 41.5 Å². The average molecular weight is 392 g/mol. The van der Waals surface area contributed by atoms with Crippen molar-refractivity contribution in [2.24, 2.45) is 0 Å². The number of hydrogen-bond acceptors (Lipinski definition) is 2. The number of likely N-dealkylation sites (N-methyl/N-ethyl adjacent to an activating group) is 2. The molecule has 4 nitrogen and oxygen atoms in total. The molecule has 0 aliphatic carbocycles. The van der Waals surface area contributed by atoms with Crippen LogP contribution >= 0.6 is 0 Å². The molecule has 5 heteroatoms. The first kappa shape index (κ1) is 22.6. The molecule has 1 fully saturated rings. The van der Waals surface area contributed by atoms with Gasteiger partial charge in [-0.25, -0.2) is 14.8 Å². The fourth-order valence-corrected chi connectivity index (χ4v) is 2.37. The van der Waals surface area contributed by atoms with Crippen LogP contribution in [0.25, 0.3) is 0 Å². The minimum atomic E-state index is -0.254. The fourth-order valence-electron chi connectivity index (χ4n) is 2.37. The molecule has 1 saturated heterocycles. The summed E-state index contributed by atoms with van der Waals surface area (Å²) in [6.45, 7) is 12.5. The Morgan fingerprint density at radius 2 is 1.43 bits per heavy atom. The smallest absolute Gasteiger partial charge is 0.335 e. The molecule has 1 aliphatic rings. The van der Waals surface area contributed by atoms with Gasteiger partial charge in [-0.3, -0.25) is 0 Å². The van der Waals surface area contributed by atoms with Crippen molar-refractivity contribution < 1.29 is 37.5 Å². The average Bonchev–Trinajstić information content (AvgIpc) is 2.47. The van der Waals surface area contributed by atoms with E-state index in [9.17, 15) is 4.79 Å². The first-order valence-electron chi connectivity index (χ1n) is 7.64. The predicted octanol–water partition coefficient (Wildman–Crippen LogP) is 3.99. The summed E-state index contributed by atoms with van der Waals surface area (Å²) < 4.78 is 0. The number of hydrogen-bond donors (Lipinski definition) is 0. The van der Waals surface area contributed by atoms with Gasteiger partial charge >= 0.3 is 6.03 Å². The van der Waals surface area contributed by atoms with Crippen LogP contribution in [-0.4, -0.2) is 41.1 Å². The van der Waals surface area contributed by atoms with Crippen molar-refractivity contribution in [3.63, 3.8) is 0 Å². The maximum atomic E-state index is 12.6. The van der Waals surface area contributed by atoms with Gasteiger partial charge in [0.1, 0.15) is 0 Å². The van der Waals surface area contributed by atoms with Crippen molar-refractivity contribution in [2.45, 2.75) is 52.6 Å². The van der Waals surface area contributed by atoms with E-state index < -0.39 is 0 Å². The Kier molecular flexibility index (Phi) is 8.43. The zero-order valence-corrected chi connectivity index (χ0v) is 18.6. The summed E-state index contributed by atoms with van der Waals surface area (Å²) in [5.41, 5.74) is 0.424. The molecule has 0 unspecified atom stereocenters. The van der Waals surface area contributed by atoms with Gasteiger partial charge in [-0.05, 0) is 33.4 Å². The molecule has 1 heterocycles. The summed E-state index contributed by atoms with van der Waals surface area (Å²) in [4.78, 5) is 14.4. The van der Waals surface area contributed by atoms with Gasteiger partial charge in [0, 0.05) is 46.8 Å². The van der Waals surface area contributed by atoms with Gasteiger partial charge in [-0.2, -0.15) is 32.0 Å². The molecule has 2 rings (SSSR count). The number of rotatable bonds is 1. The van der Waals surface area contributed by atoms with E-state index in [0.717, 1.165) is 5.69 Å². The van der Waals surface area contributed by atoms with Gasteiger partial charge in [0.05, 0.1) is 11.1 Å². The summed E-state index contributed by atoms with van der Waals surface area (Å²) >= 11 is 0. The molecule has 0 atom stereocenters. The molecule has 1 aromatic carbocycles. The van der Waals surface area contributed by atoms with Gasteiger partial charge in [0.15, 0.2) is 0 Å². The van der Waals surface area contributed by atoms with E-state index in [0.29, 0.717) is 0 Å². The van der Waals surface area contributed by atoms with E-state index in [4.69, 9.17) is 0 Å². The third-order valence-electron chi connectivity index (χ3n) is 4.86. The Bertz CT molecular complexity index is 502. The van der Waals surface area contributed by atoms with E-state index in [1.165, 1.54) is 0 Å². The molecule has 0 aromatic heterocycles. The van der Waals surface area contributed by atoms with Gasteiger partial charge in [0.2, 0.25) is 0 Å². The minimum absolute atomic E-state index is 0. The van der Waals surface area contributed by atoms with Crippen LogP contribution in [0, 0.1) is 12.5 Å². The Morgan fingerprint density at radius 3 is 1.87 bits per heavy atom. The summed E-state index contributed by atoms with van der Waals surface area (Å²) in [6.07, 6.45) is 2.00. The van der Waals surface area contributed by atoms with E-state index in [-0.39, 0.29) is 49.8 Å². The molecular weight excluding hydrogens is 363 g/mol. The zero-order valence-electron chi connectivity index (χ0n) is 15.7. The maximum Gasteiger partial charge on any atom is 0.337 e. The van der Waals surface area contributed by atoms with Crippen LogP contribution in [0.4, 0.5) is 10.5 Å². The number of benzene rings is 1. The summed E-state index contributed by atoms with van der Waals surface area (Å²) in [5, 5.41) is 3.74. The van der Waals surface area contributed by atoms with Crippen LogP contribution in [0.3, 0.4) is 0 Å². The number of nitrogens with zero attached hydrogens (tertiary/aromatic N) is 3. The van der Waals surface area contributed by atoms with E-state index >= 15 is 0 Å². The van der Waals surface area contributed by atoms with Crippen molar-refractivity contribution in [2.75, 3.05) is 19.1 Å². The number of hydrazine groups is 1. The predicted molar refractivity (Wildman–Crippen MR) is 92.5 cm³/mol. The topological polar surface area (TPSA) is 26.8 Å². The molecule has 0 saturated carbocycles. The summed E-state index contributed by atoms with van der Waals surface area (Å²) in [6, 6.07) is 10.4. The Labute approximate surface area is 167 Å². The van der Waals surface area contributed by atoms with Crippen molar-refractivity contribution in [1.82, 2.24) is 9.91 Å². The van der Waals surface area contributed by atoms with Crippen molar-refractivity contribution in [1.29, 1.82) is 0 Å². The summed E-state index contributed by atoms with van der Waals surface area (Å²) in [7, 11) is 3.82. The number of urea groups is 1. The van der Waals surface area contributed by atoms with Gasteiger partial charge in [-0.15, -0.1) is 12.1 Å². The maximum absolute atomic E-state index is 12.6. The molecule has 1 radical (unpaired) electrons. The monoisotopic (exact) mass is 392 g/mol. The quantitative estimate of drug-likeness (QED) is 0.676. The number of carbonyl (C=O) groups excluding carboxylic acids is 1. The molecule has 2 amide bonds. The normalized spacial score (nSPS) is 19.6. The molecule has 0 bridgehead atoms. The molecule has 127 valence electrons.